The van der Waals surface area contributed by atoms with Crippen LogP contribution in [-0.4, -0.2) is 16.9 Å². The lowest BCUT2D eigenvalue weighted by Gasteiger charge is -2.12. The van der Waals surface area contributed by atoms with E-state index < -0.39 is 10.8 Å². The van der Waals surface area contributed by atoms with Crippen molar-refractivity contribution in [2.75, 3.05) is 5.32 Å². The molecule has 2 aromatic rings. The predicted octanol–water partition coefficient (Wildman–Crippen LogP) is 5.05. The SMILES string of the molecule is CC(C)Oc1ccc(C(=O)Nc2ccc(Cl)c([N+](=O)[O-])c2)cc1Br. The van der Waals surface area contributed by atoms with E-state index in [0.717, 1.165) is 0 Å². The van der Waals surface area contributed by atoms with E-state index in [0.29, 0.717) is 15.8 Å². The van der Waals surface area contributed by atoms with Crippen LogP contribution in [0.15, 0.2) is 40.9 Å². The summed E-state index contributed by atoms with van der Waals surface area (Å²) in [6, 6.07) is 9.00. The Labute approximate surface area is 152 Å². The van der Waals surface area contributed by atoms with Crippen LogP contribution in [0.5, 0.6) is 5.75 Å². The van der Waals surface area contributed by atoms with E-state index in [1.807, 2.05) is 13.8 Å². The molecule has 0 radical (unpaired) electrons. The molecule has 24 heavy (non-hydrogen) atoms. The van der Waals surface area contributed by atoms with Gasteiger partial charge in [0.25, 0.3) is 11.6 Å². The number of hydrogen-bond donors (Lipinski definition) is 1. The molecule has 0 heterocycles. The van der Waals surface area contributed by atoms with E-state index in [1.54, 1.807) is 18.2 Å². The van der Waals surface area contributed by atoms with Crippen molar-refractivity contribution in [2.24, 2.45) is 0 Å². The maximum absolute atomic E-state index is 12.3. The molecule has 0 aromatic heterocycles. The Morgan fingerprint density at radius 3 is 2.58 bits per heavy atom. The largest absolute Gasteiger partial charge is 0.490 e. The first-order valence-electron chi connectivity index (χ1n) is 6.99. The summed E-state index contributed by atoms with van der Waals surface area (Å²) in [6.07, 6.45) is 0.00981. The first-order chi connectivity index (χ1) is 11.3. The fourth-order valence-electron chi connectivity index (χ4n) is 1.93. The number of nitro groups is 1. The van der Waals surface area contributed by atoms with Gasteiger partial charge in [0.05, 0.1) is 15.5 Å². The second-order valence-corrected chi connectivity index (χ2v) is 6.45. The van der Waals surface area contributed by atoms with Gasteiger partial charge in [0, 0.05) is 17.3 Å². The van der Waals surface area contributed by atoms with Crippen LogP contribution in [0, 0.1) is 10.1 Å². The minimum Gasteiger partial charge on any atom is -0.490 e. The second-order valence-electron chi connectivity index (χ2n) is 5.19. The molecule has 0 saturated heterocycles. The van der Waals surface area contributed by atoms with Crippen molar-refractivity contribution in [3.8, 4) is 5.75 Å². The number of nitrogens with zero attached hydrogens (tertiary/aromatic N) is 1. The molecule has 2 rings (SSSR count). The molecule has 0 fully saturated rings. The highest BCUT2D eigenvalue weighted by Crippen LogP contribution is 2.29. The fourth-order valence-corrected chi connectivity index (χ4v) is 2.58. The molecule has 8 heteroatoms. The molecule has 0 aliphatic rings. The monoisotopic (exact) mass is 412 g/mol. The van der Waals surface area contributed by atoms with Gasteiger partial charge in [-0.3, -0.25) is 14.9 Å². The highest BCUT2D eigenvalue weighted by Gasteiger charge is 2.15. The predicted molar refractivity (Wildman–Crippen MR) is 96.0 cm³/mol. The number of carbonyl (C=O) groups excluding carboxylic acids is 1. The van der Waals surface area contributed by atoms with Gasteiger partial charge in [-0.2, -0.15) is 0 Å². The van der Waals surface area contributed by atoms with Gasteiger partial charge in [0.15, 0.2) is 0 Å². The van der Waals surface area contributed by atoms with Crippen LogP contribution in [0.25, 0.3) is 0 Å². The van der Waals surface area contributed by atoms with E-state index in [-0.39, 0.29) is 22.5 Å². The van der Waals surface area contributed by atoms with Gasteiger partial charge < -0.3 is 10.1 Å². The number of carbonyl (C=O) groups is 1. The van der Waals surface area contributed by atoms with Gasteiger partial charge >= 0.3 is 0 Å². The van der Waals surface area contributed by atoms with Gasteiger partial charge in [-0.1, -0.05) is 11.6 Å². The average molecular weight is 414 g/mol. The maximum Gasteiger partial charge on any atom is 0.289 e. The van der Waals surface area contributed by atoms with E-state index in [9.17, 15) is 14.9 Å². The van der Waals surface area contributed by atoms with Crippen molar-refractivity contribution < 1.29 is 14.5 Å². The van der Waals surface area contributed by atoms with Crippen LogP contribution in [-0.2, 0) is 0 Å². The first kappa shape index (κ1) is 18.2. The zero-order valence-corrected chi connectivity index (χ0v) is 15.2. The number of ether oxygens (including phenoxy) is 1. The second kappa shape index (κ2) is 7.63. The van der Waals surface area contributed by atoms with Gasteiger partial charge in [-0.25, -0.2) is 0 Å². The number of nitro benzene ring substituents is 1. The van der Waals surface area contributed by atoms with E-state index in [4.69, 9.17) is 16.3 Å². The summed E-state index contributed by atoms with van der Waals surface area (Å²) in [7, 11) is 0. The molecule has 0 aliphatic carbocycles. The summed E-state index contributed by atoms with van der Waals surface area (Å²) in [5, 5.41) is 13.5. The molecular formula is C16H14BrClN2O4. The lowest BCUT2D eigenvalue weighted by molar-refractivity contribution is -0.384. The van der Waals surface area contributed by atoms with Crippen molar-refractivity contribution in [1.82, 2.24) is 0 Å². The topological polar surface area (TPSA) is 81.5 Å². The van der Waals surface area contributed by atoms with Gasteiger partial charge in [0.2, 0.25) is 0 Å². The molecule has 1 amide bonds. The smallest absolute Gasteiger partial charge is 0.289 e. The van der Waals surface area contributed by atoms with E-state index in [2.05, 4.69) is 21.2 Å². The standard InChI is InChI=1S/C16H14BrClN2O4/c1-9(2)24-15-6-3-10(7-12(15)17)16(21)19-11-4-5-13(18)14(8-11)20(22)23/h3-9H,1-2H3,(H,19,21). The summed E-state index contributed by atoms with van der Waals surface area (Å²) in [6.45, 7) is 3.81. The molecular weight excluding hydrogens is 400 g/mol. The van der Waals surface area contributed by atoms with Crippen LogP contribution in [0.1, 0.15) is 24.2 Å². The molecule has 0 bridgehead atoms. The molecule has 0 aliphatic heterocycles. The molecule has 2 aromatic carbocycles. The van der Waals surface area contributed by atoms with Crippen molar-refractivity contribution in [3.63, 3.8) is 0 Å². The third-order valence-electron chi connectivity index (χ3n) is 2.96. The third-order valence-corrected chi connectivity index (χ3v) is 3.90. The van der Waals surface area contributed by atoms with Crippen LogP contribution in [0.4, 0.5) is 11.4 Å². The number of rotatable bonds is 5. The first-order valence-corrected chi connectivity index (χ1v) is 8.16. The van der Waals surface area contributed by atoms with Crippen LogP contribution in [0.2, 0.25) is 5.02 Å². The number of halogens is 2. The number of nitrogens with one attached hydrogen (secondary N) is 1. The zero-order chi connectivity index (χ0) is 17.9. The van der Waals surface area contributed by atoms with E-state index >= 15 is 0 Å². The van der Waals surface area contributed by atoms with Crippen molar-refractivity contribution >= 4 is 44.8 Å². The fraction of sp³-hybridized carbons (Fsp3) is 0.188. The van der Waals surface area contributed by atoms with E-state index in [1.165, 1.54) is 18.2 Å². The lowest BCUT2D eigenvalue weighted by Crippen LogP contribution is -2.12. The number of amides is 1. The van der Waals surface area contributed by atoms with Crippen molar-refractivity contribution in [2.45, 2.75) is 20.0 Å². The Balaban J connectivity index is 2.20. The number of anilines is 1. The normalized spacial score (nSPS) is 10.5. The quantitative estimate of drug-likeness (QED) is 0.549. The van der Waals surface area contributed by atoms with Gasteiger partial charge in [-0.05, 0) is 60.1 Å². The Morgan fingerprint density at radius 2 is 2.00 bits per heavy atom. The average Bonchev–Trinajstić information content (AvgIpc) is 2.50. The highest BCUT2D eigenvalue weighted by atomic mass is 79.9. The van der Waals surface area contributed by atoms with Gasteiger partial charge in [0.1, 0.15) is 10.8 Å². The van der Waals surface area contributed by atoms with Crippen LogP contribution in [0.3, 0.4) is 0 Å². The Bertz CT molecular complexity index is 796. The Hall–Kier alpha value is -2.12. The van der Waals surface area contributed by atoms with Crippen molar-refractivity contribution in [1.29, 1.82) is 0 Å². The zero-order valence-electron chi connectivity index (χ0n) is 12.9. The minimum absolute atomic E-state index is 0.00981. The summed E-state index contributed by atoms with van der Waals surface area (Å²) in [5.41, 5.74) is 0.404. The summed E-state index contributed by atoms with van der Waals surface area (Å²) in [4.78, 5) is 22.6. The Morgan fingerprint density at radius 1 is 1.29 bits per heavy atom. The highest BCUT2D eigenvalue weighted by molar-refractivity contribution is 9.10. The Kier molecular flexibility index (Phi) is 5.80. The summed E-state index contributed by atoms with van der Waals surface area (Å²) in [5.74, 6) is 0.229. The lowest BCUT2D eigenvalue weighted by atomic mass is 10.2. The molecule has 0 atom stereocenters. The molecule has 0 spiro atoms. The molecule has 6 nitrogen and oxygen atoms in total. The summed E-state index contributed by atoms with van der Waals surface area (Å²) < 4.78 is 6.23. The van der Waals surface area contributed by atoms with Crippen LogP contribution >= 0.6 is 27.5 Å². The number of benzene rings is 2. The third kappa shape index (κ3) is 4.46. The summed E-state index contributed by atoms with van der Waals surface area (Å²) >= 11 is 9.11. The molecule has 0 unspecified atom stereocenters. The van der Waals surface area contributed by atoms with Crippen LogP contribution < -0.4 is 10.1 Å². The molecule has 1 N–H and O–H groups in total. The minimum atomic E-state index is -0.605. The maximum atomic E-state index is 12.3. The number of hydrogen-bond acceptors (Lipinski definition) is 4. The van der Waals surface area contributed by atoms with Crippen molar-refractivity contribution in [3.05, 3.63) is 61.6 Å². The van der Waals surface area contributed by atoms with Gasteiger partial charge in [-0.15, -0.1) is 0 Å². The molecule has 0 saturated carbocycles. The molecule has 126 valence electrons.